The van der Waals surface area contributed by atoms with Gasteiger partial charge in [0.25, 0.3) is 0 Å². The van der Waals surface area contributed by atoms with Crippen LogP contribution >= 0.6 is 23.4 Å². The quantitative estimate of drug-likeness (QED) is 0.135. The smallest absolute Gasteiger partial charge is 0.361 e. The van der Waals surface area contributed by atoms with Gasteiger partial charge in [-0.05, 0) is 74.5 Å². The van der Waals surface area contributed by atoms with Crippen molar-refractivity contribution in [1.29, 1.82) is 0 Å². The number of likely N-dealkylation sites (N-methyl/N-ethyl adjacent to an activating group) is 1. The lowest BCUT2D eigenvalue weighted by Crippen LogP contribution is -2.57. The van der Waals surface area contributed by atoms with Crippen LogP contribution in [0, 0.1) is 0 Å². The molecule has 0 saturated heterocycles. The Morgan fingerprint density at radius 1 is 0.962 bits per heavy atom. The molecule has 4 aromatic rings. The molecule has 0 spiro atoms. The third-order valence-electron chi connectivity index (χ3n) is 9.13. The first-order chi connectivity index (χ1) is 25.4. The molecule has 3 atom stereocenters. The molecule has 0 unspecified atom stereocenters. The SMILES string of the molecule is CN1C(=O)[C@H](CCCCN)NC(=O)[C@H](CCCN)NCc2nccnc2Sc2c(Cl)cc(C(F)(F)F)cc2CNC(=O)[C@@H]1Cc1c[nH]c2ccccc12. The molecule has 0 radical (unpaired) electrons. The second-order valence-corrected chi connectivity index (χ2v) is 14.2. The monoisotopic (exact) mass is 773 g/mol. The number of nitrogens with two attached hydrogens (primary N) is 2. The van der Waals surface area contributed by atoms with Crippen LogP contribution in [0.4, 0.5) is 13.2 Å². The van der Waals surface area contributed by atoms with Gasteiger partial charge in [0.15, 0.2) is 0 Å². The average Bonchev–Trinajstić information content (AvgIpc) is 3.55. The number of rotatable bonds is 9. The summed E-state index contributed by atoms with van der Waals surface area (Å²) in [6, 6.07) is 6.34. The van der Waals surface area contributed by atoms with Crippen LogP contribution in [0.5, 0.6) is 0 Å². The molecule has 3 heterocycles. The Morgan fingerprint density at radius 3 is 2.45 bits per heavy atom. The number of amides is 3. The molecule has 17 heteroatoms. The number of nitrogens with one attached hydrogen (secondary N) is 4. The van der Waals surface area contributed by atoms with Crippen molar-refractivity contribution >= 4 is 52.0 Å². The molecule has 8 N–H and O–H groups in total. The fourth-order valence-electron chi connectivity index (χ4n) is 6.22. The van der Waals surface area contributed by atoms with E-state index in [4.69, 9.17) is 23.1 Å². The van der Waals surface area contributed by atoms with Crippen LogP contribution in [-0.4, -0.2) is 75.8 Å². The molecule has 12 nitrogen and oxygen atoms in total. The van der Waals surface area contributed by atoms with Crippen molar-refractivity contribution in [3.63, 3.8) is 0 Å². The number of unbranched alkanes of at least 4 members (excludes halogenated alkanes) is 1. The van der Waals surface area contributed by atoms with E-state index in [0.29, 0.717) is 49.5 Å². The molecule has 0 bridgehead atoms. The van der Waals surface area contributed by atoms with Crippen LogP contribution in [-0.2, 0) is 40.1 Å². The molecule has 1 aliphatic rings. The number of alkyl halides is 3. The van der Waals surface area contributed by atoms with Gasteiger partial charge in [0.05, 0.1) is 22.3 Å². The third kappa shape index (κ3) is 10.1. The van der Waals surface area contributed by atoms with E-state index in [1.165, 1.54) is 24.3 Å². The largest absolute Gasteiger partial charge is 0.416 e. The van der Waals surface area contributed by atoms with Crippen LogP contribution < -0.4 is 27.4 Å². The van der Waals surface area contributed by atoms with Crippen LogP contribution in [0.2, 0.25) is 5.02 Å². The maximum Gasteiger partial charge on any atom is 0.416 e. The predicted molar refractivity (Wildman–Crippen MR) is 197 cm³/mol. The number of carbonyl (C=O) groups excluding carboxylic acids is 3. The van der Waals surface area contributed by atoms with Gasteiger partial charge >= 0.3 is 6.18 Å². The lowest BCUT2D eigenvalue weighted by molar-refractivity contribution is -0.142. The molecule has 1 aliphatic heterocycles. The number of halogens is 4. The Morgan fingerprint density at radius 2 is 1.70 bits per heavy atom. The summed E-state index contributed by atoms with van der Waals surface area (Å²) in [5.41, 5.74) is 12.6. The number of aromatic amines is 1. The number of hydrogen-bond acceptors (Lipinski definition) is 9. The van der Waals surface area contributed by atoms with Gasteiger partial charge < -0.3 is 37.3 Å². The molecule has 0 aliphatic carbocycles. The minimum Gasteiger partial charge on any atom is -0.361 e. The van der Waals surface area contributed by atoms with Crippen molar-refractivity contribution in [2.45, 2.75) is 85.8 Å². The standard InChI is InChI=1S/C36H43ClF3N9O3S/c1-49-30(16-21-18-45-26-8-3-2-7-24(21)26)33(51)47-19-22-15-23(36(38,39)40)17-25(37)31(22)53-34-29(43-13-14-44-34)20-46-27(10-6-12-42)32(50)48-28(35(49)52)9-4-5-11-41/h2-3,7-8,13-15,17-18,27-28,30,45-46H,4-6,9-12,16,19-20,41-42H2,1H3,(H,47,51)(H,48,50)/t27-,28-,30-/m0/s1. The summed E-state index contributed by atoms with van der Waals surface area (Å²) in [4.78, 5) is 56.1. The first kappa shape index (κ1) is 40.0. The van der Waals surface area contributed by atoms with Crippen molar-refractivity contribution in [3.05, 3.63) is 82.4 Å². The predicted octanol–water partition coefficient (Wildman–Crippen LogP) is 4.29. The zero-order valence-corrected chi connectivity index (χ0v) is 30.7. The number of para-hydroxylation sites is 1. The van der Waals surface area contributed by atoms with Crippen molar-refractivity contribution < 1.29 is 27.6 Å². The maximum atomic E-state index is 14.4. The minimum absolute atomic E-state index is 0.0571. The molecule has 3 amide bonds. The second-order valence-electron chi connectivity index (χ2n) is 12.8. The molecule has 2 aromatic carbocycles. The summed E-state index contributed by atoms with van der Waals surface area (Å²) in [7, 11) is 1.48. The van der Waals surface area contributed by atoms with E-state index >= 15 is 0 Å². The fraction of sp³-hybridized carbons (Fsp3) is 0.417. The van der Waals surface area contributed by atoms with Gasteiger partial charge in [-0.2, -0.15) is 13.2 Å². The van der Waals surface area contributed by atoms with Gasteiger partial charge in [0.2, 0.25) is 17.7 Å². The van der Waals surface area contributed by atoms with E-state index in [9.17, 15) is 27.6 Å². The first-order valence-electron chi connectivity index (χ1n) is 17.3. The topological polar surface area (TPSA) is 184 Å². The lowest BCUT2D eigenvalue weighted by atomic mass is 10.0. The van der Waals surface area contributed by atoms with E-state index in [2.05, 4.69) is 30.9 Å². The van der Waals surface area contributed by atoms with Gasteiger partial charge in [0, 0.05) is 60.9 Å². The summed E-state index contributed by atoms with van der Waals surface area (Å²) >= 11 is 7.54. The van der Waals surface area contributed by atoms with Crippen LogP contribution in [0.25, 0.3) is 10.9 Å². The Bertz CT molecular complexity index is 1910. The third-order valence-corrected chi connectivity index (χ3v) is 10.8. The molecular formula is C36H43ClF3N9O3S. The number of carbonyl (C=O) groups is 3. The fourth-order valence-corrected chi connectivity index (χ4v) is 7.54. The highest BCUT2D eigenvalue weighted by atomic mass is 35.5. The van der Waals surface area contributed by atoms with Gasteiger partial charge in [0.1, 0.15) is 17.1 Å². The van der Waals surface area contributed by atoms with Crippen molar-refractivity contribution in [2.24, 2.45) is 11.5 Å². The normalized spacial score (nSPS) is 19.3. The molecule has 2 aromatic heterocycles. The molecule has 53 heavy (non-hydrogen) atoms. The number of fused-ring (bicyclic) bond motifs is 3. The highest BCUT2D eigenvalue weighted by molar-refractivity contribution is 7.99. The lowest BCUT2D eigenvalue weighted by Gasteiger charge is -2.32. The zero-order chi connectivity index (χ0) is 38.1. The molecular weight excluding hydrogens is 731 g/mol. The Kier molecular flexibility index (Phi) is 13.7. The second kappa shape index (κ2) is 18.2. The van der Waals surface area contributed by atoms with Gasteiger partial charge in [-0.1, -0.05) is 41.6 Å². The van der Waals surface area contributed by atoms with Crippen LogP contribution in [0.15, 0.2) is 64.9 Å². The number of hydrogen-bond donors (Lipinski definition) is 6. The van der Waals surface area contributed by atoms with E-state index in [1.54, 1.807) is 6.20 Å². The Hall–Kier alpha value is -4.22. The highest BCUT2D eigenvalue weighted by Crippen LogP contribution is 2.41. The summed E-state index contributed by atoms with van der Waals surface area (Å²) in [6.45, 7) is 0.417. The van der Waals surface area contributed by atoms with Crippen molar-refractivity contribution in [3.8, 4) is 0 Å². The maximum absolute atomic E-state index is 14.4. The molecule has 0 saturated carbocycles. The number of H-pyrrole nitrogens is 1. The van der Waals surface area contributed by atoms with Crippen LogP contribution in [0.1, 0.15) is 54.5 Å². The summed E-state index contributed by atoms with van der Waals surface area (Å²) in [5.74, 6) is -1.56. The highest BCUT2D eigenvalue weighted by Gasteiger charge is 2.35. The average molecular weight is 774 g/mol. The van der Waals surface area contributed by atoms with E-state index in [0.717, 1.165) is 40.4 Å². The van der Waals surface area contributed by atoms with E-state index < -0.39 is 47.6 Å². The van der Waals surface area contributed by atoms with Gasteiger partial charge in [-0.25, -0.2) is 4.98 Å². The Balaban J connectivity index is 1.61. The molecule has 5 rings (SSSR count). The summed E-state index contributed by atoms with van der Waals surface area (Å²) in [6.07, 6.45) is 2.23. The summed E-state index contributed by atoms with van der Waals surface area (Å²) in [5, 5.41) is 9.91. The number of aromatic nitrogens is 3. The minimum atomic E-state index is -4.72. The Labute approximate surface area is 314 Å². The number of nitrogens with zero attached hydrogens (tertiary/aromatic N) is 3. The molecule has 0 fully saturated rings. The first-order valence-corrected chi connectivity index (χ1v) is 18.5. The summed E-state index contributed by atoms with van der Waals surface area (Å²) < 4.78 is 42.1. The van der Waals surface area contributed by atoms with Crippen molar-refractivity contribution in [1.82, 2.24) is 35.8 Å². The van der Waals surface area contributed by atoms with E-state index in [-0.39, 0.29) is 41.4 Å². The van der Waals surface area contributed by atoms with Crippen LogP contribution in [0.3, 0.4) is 0 Å². The molecule has 284 valence electrons. The van der Waals surface area contributed by atoms with E-state index in [1.807, 2.05) is 24.3 Å². The number of benzene rings is 2. The zero-order valence-electron chi connectivity index (χ0n) is 29.1. The van der Waals surface area contributed by atoms with Gasteiger partial charge in [-0.15, -0.1) is 0 Å². The van der Waals surface area contributed by atoms with Gasteiger partial charge in [-0.3, -0.25) is 19.4 Å². The van der Waals surface area contributed by atoms with Crippen molar-refractivity contribution in [2.75, 3.05) is 20.1 Å².